The van der Waals surface area contributed by atoms with Crippen molar-refractivity contribution in [2.45, 2.75) is 59.5 Å². The number of nitrogens with one attached hydrogen (secondary N) is 1. The summed E-state index contributed by atoms with van der Waals surface area (Å²) in [5, 5.41) is 7.96. The normalized spacial score (nSPS) is 18.8. The predicted octanol–water partition coefficient (Wildman–Crippen LogP) is 2.50. The van der Waals surface area contributed by atoms with Crippen LogP contribution in [0.1, 0.15) is 46.4 Å². The van der Waals surface area contributed by atoms with E-state index in [1.54, 1.807) is 6.33 Å². The Hall–Kier alpha value is -0.900. The summed E-state index contributed by atoms with van der Waals surface area (Å²) < 4.78 is 2.07. The van der Waals surface area contributed by atoms with E-state index in [2.05, 4.69) is 47.8 Å². The standard InChI is InChI=1S/C15H28N4/c1-11(2)9-19-15(17-10-18-19)7-12(3)13(4)8-16-14-5-6-14/h10-14,16H,5-9H2,1-4H3. The number of aromatic nitrogens is 3. The van der Waals surface area contributed by atoms with E-state index in [-0.39, 0.29) is 0 Å². The monoisotopic (exact) mass is 264 g/mol. The van der Waals surface area contributed by atoms with Gasteiger partial charge in [-0.25, -0.2) is 9.67 Å². The Morgan fingerprint density at radius 1 is 1.26 bits per heavy atom. The molecule has 1 saturated carbocycles. The first-order valence-corrected chi connectivity index (χ1v) is 7.66. The van der Waals surface area contributed by atoms with Gasteiger partial charge in [0.25, 0.3) is 0 Å². The van der Waals surface area contributed by atoms with Gasteiger partial charge in [0, 0.05) is 19.0 Å². The first-order chi connectivity index (χ1) is 9.06. The van der Waals surface area contributed by atoms with Crippen molar-refractivity contribution in [2.24, 2.45) is 17.8 Å². The number of hydrogen-bond donors (Lipinski definition) is 1. The van der Waals surface area contributed by atoms with E-state index < -0.39 is 0 Å². The van der Waals surface area contributed by atoms with Crippen LogP contribution in [-0.4, -0.2) is 27.4 Å². The van der Waals surface area contributed by atoms with Crippen molar-refractivity contribution in [1.29, 1.82) is 0 Å². The van der Waals surface area contributed by atoms with E-state index in [0.717, 1.165) is 31.4 Å². The topological polar surface area (TPSA) is 42.7 Å². The van der Waals surface area contributed by atoms with Crippen LogP contribution >= 0.6 is 0 Å². The van der Waals surface area contributed by atoms with Gasteiger partial charge in [0.15, 0.2) is 0 Å². The fraction of sp³-hybridized carbons (Fsp3) is 0.867. The lowest BCUT2D eigenvalue weighted by Crippen LogP contribution is -2.28. The molecule has 108 valence electrons. The third-order valence-corrected chi connectivity index (χ3v) is 4.02. The van der Waals surface area contributed by atoms with Crippen LogP contribution in [0.4, 0.5) is 0 Å². The molecule has 0 saturated heterocycles. The van der Waals surface area contributed by atoms with E-state index in [4.69, 9.17) is 0 Å². The van der Waals surface area contributed by atoms with Crippen LogP contribution < -0.4 is 5.32 Å². The van der Waals surface area contributed by atoms with Gasteiger partial charge >= 0.3 is 0 Å². The number of nitrogens with zero attached hydrogens (tertiary/aromatic N) is 3. The molecular weight excluding hydrogens is 236 g/mol. The summed E-state index contributed by atoms with van der Waals surface area (Å²) in [7, 11) is 0. The first-order valence-electron chi connectivity index (χ1n) is 7.66. The largest absolute Gasteiger partial charge is 0.314 e. The van der Waals surface area contributed by atoms with Crippen molar-refractivity contribution in [3.8, 4) is 0 Å². The minimum Gasteiger partial charge on any atom is -0.314 e. The van der Waals surface area contributed by atoms with Crippen LogP contribution in [0.3, 0.4) is 0 Å². The van der Waals surface area contributed by atoms with Gasteiger partial charge in [-0.2, -0.15) is 5.10 Å². The van der Waals surface area contributed by atoms with Crippen molar-refractivity contribution >= 4 is 0 Å². The van der Waals surface area contributed by atoms with E-state index >= 15 is 0 Å². The summed E-state index contributed by atoms with van der Waals surface area (Å²) in [5.41, 5.74) is 0. The van der Waals surface area contributed by atoms with Gasteiger partial charge in [0.2, 0.25) is 0 Å². The molecule has 1 aliphatic carbocycles. The molecule has 0 bridgehead atoms. The lowest BCUT2D eigenvalue weighted by Gasteiger charge is -2.20. The zero-order valence-electron chi connectivity index (χ0n) is 12.8. The Balaban J connectivity index is 1.82. The Bertz CT molecular complexity index is 381. The second kappa shape index (κ2) is 6.51. The third-order valence-electron chi connectivity index (χ3n) is 4.02. The van der Waals surface area contributed by atoms with E-state index in [9.17, 15) is 0 Å². The summed E-state index contributed by atoms with van der Waals surface area (Å²) in [6.07, 6.45) is 5.45. The molecule has 4 heteroatoms. The second-order valence-corrected chi connectivity index (χ2v) is 6.59. The minimum atomic E-state index is 0.615. The average Bonchev–Trinajstić information content (AvgIpc) is 3.09. The van der Waals surface area contributed by atoms with E-state index in [1.807, 2.05) is 0 Å². The quantitative estimate of drug-likeness (QED) is 0.784. The van der Waals surface area contributed by atoms with Crippen LogP contribution in [0.2, 0.25) is 0 Å². The minimum absolute atomic E-state index is 0.615. The van der Waals surface area contributed by atoms with Crippen molar-refractivity contribution < 1.29 is 0 Å². The highest BCUT2D eigenvalue weighted by Crippen LogP contribution is 2.21. The Kier molecular flexibility index (Phi) is 4.97. The molecule has 19 heavy (non-hydrogen) atoms. The van der Waals surface area contributed by atoms with Gasteiger partial charge < -0.3 is 5.32 Å². The molecule has 1 aliphatic rings. The summed E-state index contributed by atoms with van der Waals surface area (Å²) in [5.74, 6) is 3.08. The highest BCUT2D eigenvalue weighted by molar-refractivity contribution is 4.89. The van der Waals surface area contributed by atoms with Crippen molar-refractivity contribution in [2.75, 3.05) is 6.54 Å². The van der Waals surface area contributed by atoms with Crippen LogP contribution in [-0.2, 0) is 13.0 Å². The fourth-order valence-corrected chi connectivity index (χ4v) is 2.27. The van der Waals surface area contributed by atoms with Gasteiger partial charge in [0.1, 0.15) is 12.2 Å². The Labute approximate surface area is 117 Å². The molecule has 1 fully saturated rings. The van der Waals surface area contributed by atoms with E-state index in [0.29, 0.717) is 17.8 Å². The van der Waals surface area contributed by atoms with Gasteiger partial charge in [0.05, 0.1) is 0 Å². The molecule has 0 spiro atoms. The molecule has 2 atom stereocenters. The molecule has 1 heterocycles. The van der Waals surface area contributed by atoms with Crippen molar-refractivity contribution in [1.82, 2.24) is 20.1 Å². The second-order valence-electron chi connectivity index (χ2n) is 6.59. The molecule has 1 aromatic rings. The lowest BCUT2D eigenvalue weighted by atomic mass is 9.92. The highest BCUT2D eigenvalue weighted by Gasteiger charge is 2.23. The summed E-state index contributed by atoms with van der Waals surface area (Å²) in [6.45, 7) is 11.2. The van der Waals surface area contributed by atoms with E-state index in [1.165, 1.54) is 12.8 Å². The molecule has 1 N–H and O–H groups in total. The Morgan fingerprint density at radius 2 is 2.00 bits per heavy atom. The van der Waals surface area contributed by atoms with Gasteiger partial charge in [-0.1, -0.05) is 27.7 Å². The van der Waals surface area contributed by atoms with Crippen LogP contribution in [0.25, 0.3) is 0 Å². The lowest BCUT2D eigenvalue weighted by molar-refractivity contribution is 0.348. The SMILES string of the molecule is CC(C)Cn1ncnc1CC(C)C(C)CNC1CC1. The summed E-state index contributed by atoms with van der Waals surface area (Å²) in [4.78, 5) is 4.43. The van der Waals surface area contributed by atoms with Crippen LogP contribution in [0.5, 0.6) is 0 Å². The third kappa shape index (κ3) is 4.60. The zero-order chi connectivity index (χ0) is 13.8. The maximum absolute atomic E-state index is 4.43. The zero-order valence-corrected chi connectivity index (χ0v) is 12.8. The molecule has 0 amide bonds. The fourth-order valence-electron chi connectivity index (χ4n) is 2.27. The molecule has 0 aromatic carbocycles. The first kappa shape index (κ1) is 14.5. The maximum atomic E-state index is 4.43. The van der Waals surface area contributed by atoms with Crippen LogP contribution in [0, 0.1) is 17.8 Å². The smallest absolute Gasteiger partial charge is 0.138 e. The van der Waals surface area contributed by atoms with Crippen molar-refractivity contribution in [3.63, 3.8) is 0 Å². The number of hydrogen-bond acceptors (Lipinski definition) is 3. The molecule has 1 aromatic heterocycles. The molecule has 2 unspecified atom stereocenters. The van der Waals surface area contributed by atoms with Crippen molar-refractivity contribution in [3.05, 3.63) is 12.2 Å². The summed E-state index contributed by atoms with van der Waals surface area (Å²) >= 11 is 0. The van der Waals surface area contributed by atoms with Gasteiger partial charge in [-0.3, -0.25) is 0 Å². The molecule has 0 aliphatic heterocycles. The molecule has 4 nitrogen and oxygen atoms in total. The van der Waals surface area contributed by atoms with Gasteiger partial charge in [-0.15, -0.1) is 0 Å². The average molecular weight is 264 g/mol. The van der Waals surface area contributed by atoms with Gasteiger partial charge in [-0.05, 0) is 37.1 Å². The highest BCUT2D eigenvalue weighted by atomic mass is 15.3. The summed E-state index contributed by atoms with van der Waals surface area (Å²) in [6, 6.07) is 0.805. The number of rotatable bonds is 8. The predicted molar refractivity (Wildman–Crippen MR) is 77.9 cm³/mol. The molecule has 0 radical (unpaired) electrons. The maximum Gasteiger partial charge on any atom is 0.138 e. The molecular formula is C15H28N4. The van der Waals surface area contributed by atoms with Crippen LogP contribution in [0.15, 0.2) is 6.33 Å². The molecule has 2 rings (SSSR count). The Morgan fingerprint density at radius 3 is 2.63 bits per heavy atom.